The summed E-state index contributed by atoms with van der Waals surface area (Å²) in [6, 6.07) is 9.88. The van der Waals surface area contributed by atoms with Crippen molar-refractivity contribution in [2.45, 2.75) is 26.2 Å². The molecule has 7 nitrogen and oxygen atoms in total. The second kappa shape index (κ2) is 6.72. The maximum atomic E-state index is 11.4. The standard InChI is InChI=1S/C20H19N5O2S/c1-20(2,3)13-5-4-6-14(10-13)22-16-7-8-25-17(23-16)12(11-21-25)9-15-18(26)24-19(27)28-15/h4-11,26H,1-3H3,(H,24,27). The molecule has 1 aromatic carbocycles. The Balaban J connectivity index is 1.83. The molecule has 0 unspecified atom stereocenters. The summed E-state index contributed by atoms with van der Waals surface area (Å²) in [4.78, 5) is 23.1. The minimum Gasteiger partial charge on any atom is -0.493 e. The molecule has 2 N–H and O–H groups in total. The van der Waals surface area contributed by atoms with Crippen LogP contribution >= 0.6 is 11.3 Å². The molecule has 0 atom stereocenters. The molecule has 0 fully saturated rings. The highest BCUT2D eigenvalue weighted by molar-refractivity contribution is 7.10. The second-order valence-corrected chi connectivity index (χ2v) is 8.45. The van der Waals surface area contributed by atoms with Gasteiger partial charge in [-0.15, -0.1) is 0 Å². The van der Waals surface area contributed by atoms with Gasteiger partial charge in [0.05, 0.1) is 16.8 Å². The Morgan fingerprint density at radius 2 is 2.11 bits per heavy atom. The predicted octanol–water partition coefficient (Wildman–Crippen LogP) is 2.26. The first-order valence-electron chi connectivity index (χ1n) is 8.73. The maximum absolute atomic E-state index is 11.4. The van der Waals surface area contributed by atoms with Crippen LogP contribution in [0.25, 0.3) is 11.7 Å². The number of benzene rings is 1. The molecular formula is C20H19N5O2S. The fourth-order valence-electron chi connectivity index (χ4n) is 2.79. The number of thiazole rings is 1. The Hall–Kier alpha value is -3.26. The molecule has 142 valence electrons. The van der Waals surface area contributed by atoms with Crippen LogP contribution in [0.3, 0.4) is 0 Å². The number of rotatable bonds is 2. The van der Waals surface area contributed by atoms with E-state index in [1.165, 1.54) is 5.56 Å². The van der Waals surface area contributed by atoms with Gasteiger partial charge in [-0.05, 0) is 29.2 Å². The predicted molar refractivity (Wildman–Crippen MR) is 109 cm³/mol. The average molecular weight is 393 g/mol. The highest BCUT2D eigenvalue weighted by Crippen LogP contribution is 2.25. The summed E-state index contributed by atoms with van der Waals surface area (Å²) in [6.07, 6.45) is 5.10. The van der Waals surface area contributed by atoms with Gasteiger partial charge in [-0.3, -0.25) is 9.78 Å². The van der Waals surface area contributed by atoms with Crippen molar-refractivity contribution < 1.29 is 5.11 Å². The third-order valence-corrected chi connectivity index (χ3v) is 5.10. The fraction of sp³-hybridized carbons (Fsp3) is 0.200. The van der Waals surface area contributed by atoms with Crippen molar-refractivity contribution in [1.82, 2.24) is 19.6 Å². The molecule has 0 bridgehead atoms. The van der Waals surface area contributed by atoms with Gasteiger partial charge in [-0.25, -0.2) is 14.5 Å². The first kappa shape index (κ1) is 18.1. The minimum atomic E-state index is -0.317. The van der Waals surface area contributed by atoms with E-state index in [-0.39, 0.29) is 16.2 Å². The number of aromatic hydroxyl groups is 1. The van der Waals surface area contributed by atoms with Crippen LogP contribution in [0.15, 0.2) is 52.5 Å². The minimum absolute atomic E-state index is 0.0383. The third-order valence-electron chi connectivity index (χ3n) is 4.28. The number of aromatic amines is 1. The van der Waals surface area contributed by atoms with Crippen molar-refractivity contribution in [3.05, 3.63) is 73.5 Å². The third kappa shape index (κ3) is 3.59. The number of hydrogen-bond donors (Lipinski definition) is 2. The second-order valence-electron chi connectivity index (χ2n) is 7.44. The van der Waals surface area contributed by atoms with E-state index in [1.807, 2.05) is 12.1 Å². The zero-order valence-corrected chi connectivity index (χ0v) is 16.5. The maximum Gasteiger partial charge on any atom is 0.307 e. The summed E-state index contributed by atoms with van der Waals surface area (Å²) in [5.74, 6) is -0.158. The summed E-state index contributed by atoms with van der Waals surface area (Å²) < 4.78 is 1.63. The Morgan fingerprint density at radius 3 is 2.82 bits per heavy atom. The van der Waals surface area contributed by atoms with Crippen LogP contribution in [0.4, 0.5) is 5.69 Å². The van der Waals surface area contributed by atoms with Crippen molar-refractivity contribution >= 4 is 28.7 Å². The van der Waals surface area contributed by atoms with Gasteiger partial charge >= 0.3 is 4.87 Å². The molecule has 0 spiro atoms. The van der Waals surface area contributed by atoms with Gasteiger partial charge < -0.3 is 5.11 Å². The molecule has 4 aromatic rings. The van der Waals surface area contributed by atoms with Crippen molar-refractivity contribution in [1.29, 1.82) is 0 Å². The van der Waals surface area contributed by atoms with Crippen LogP contribution in [0.2, 0.25) is 0 Å². The molecule has 0 saturated heterocycles. The lowest BCUT2D eigenvalue weighted by molar-refractivity contribution is 0.455. The van der Waals surface area contributed by atoms with Crippen molar-refractivity contribution in [3.63, 3.8) is 0 Å². The van der Waals surface area contributed by atoms with E-state index in [0.29, 0.717) is 21.2 Å². The monoisotopic (exact) mass is 393 g/mol. The summed E-state index contributed by atoms with van der Waals surface area (Å²) in [5, 5.41) is 14.7. The van der Waals surface area contributed by atoms with E-state index in [1.54, 1.807) is 29.1 Å². The summed E-state index contributed by atoms with van der Waals surface area (Å²) in [5.41, 5.74) is 3.21. The van der Waals surface area contributed by atoms with Crippen LogP contribution in [0.1, 0.15) is 31.2 Å². The average Bonchev–Trinajstić information content (AvgIpc) is 3.17. The van der Waals surface area contributed by atoms with Gasteiger partial charge in [0, 0.05) is 17.5 Å². The number of nitrogens with one attached hydrogen (secondary N) is 1. The van der Waals surface area contributed by atoms with Crippen molar-refractivity contribution in [2.75, 3.05) is 0 Å². The Morgan fingerprint density at radius 1 is 1.29 bits per heavy atom. The van der Waals surface area contributed by atoms with Gasteiger partial charge in [0.15, 0.2) is 11.1 Å². The Kier molecular flexibility index (Phi) is 4.35. The molecule has 0 aliphatic carbocycles. The number of fused-ring (bicyclic) bond motifs is 1. The largest absolute Gasteiger partial charge is 0.493 e. The van der Waals surface area contributed by atoms with Crippen molar-refractivity contribution in [3.8, 4) is 5.88 Å². The zero-order chi connectivity index (χ0) is 19.9. The Labute approximate surface area is 164 Å². The number of aromatic nitrogens is 4. The van der Waals surface area contributed by atoms with Crippen LogP contribution in [0, 0.1) is 0 Å². The number of nitrogens with zero attached hydrogens (tertiary/aromatic N) is 4. The molecule has 28 heavy (non-hydrogen) atoms. The number of hydrogen-bond acceptors (Lipinski definition) is 6. The molecule has 0 amide bonds. The van der Waals surface area contributed by atoms with Gasteiger partial charge in [0.2, 0.25) is 5.88 Å². The van der Waals surface area contributed by atoms with E-state index in [2.05, 4.69) is 53.0 Å². The highest BCUT2D eigenvalue weighted by Gasteiger charge is 2.13. The molecule has 0 aliphatic heterocycles. The molecule has 8 heteroatoms. The Bertz CT molecular complexity index is 1340. The quantitative estimate of drug-likeness (QED) is 0.546. The zero-order valence-electron chi connectivity index (χ0n) is 15.7. The normalized spacial score (nSPS) is 13.5. The van der Waals surface area contributed by atoms with E-state index in [9.17, 15) is 9.90 Å². The summed E-state index contributed by atoms with van der Waals surface area (Å²) in [7, 11) is 0. The van der Waals surface area contributed by atoms with Gasteiger partial charge in [-0.2, -0.15) is 5.10 Å². The van der Waals surface area contributed by atoms with Crippen LogP contribution in [-0.4, -0.2) is 24.7 Å². The van der Waals surface area contributed by atoms with Gasteiger partial charge in [-0.1, -0.05) is 44.2 Å². The van der Waals surface area contributed by atoms with Crippen LogP contribution in [-0.2, 0) is 5.41 Å². The number of H-pyrrole nitrogens is 1. The SMILES string of the molecule is CC(C)(C)c1cccc(N=c2ccn3ncc(=Cc4sc(=O)[nH]c4O)c3n2)c1. The highest BCUT2D eigenvalue weighted by atomic mass is 32.1. The van der Waals surface area contributed by atoms with Crippen molar-refractivity contribution in [2.24, 2.45) is 4.99 Å². The van der Waals surface area contributed by atoms with E-state index < -0.39 is 0 Å². The van der Waals surface area contributed by atoms with Gasteiger partial charge in [0.1, 0.15) is 0 Å². The van der Waals surface area contributed by atoms with E-state index in [0.717, 1.165) is 17.0 Å². The summed E-state index contributed by atoms with van der Waals surface area (Å²) >= 11 is 0.927. The lowest BCUT2D eigenvalue weighted by Gasteiger charge is -2.18. The van der Waals surface area contributed by atoms with E-state index >= 15 is 0 Å². The molecular weight excluding hydrogens is 374 g/mol. The molecule has 0 saturated carbocycles. The molecule has 0 radical (unpaired) electrons. The summed E-state index contributed by atoms with van der Waals surface area (Å²) in [6.45, 7) is 6.49. The molecule has 3 heterocycles. The molecule has 3 aromatic heterocycles. The lowest BCUT2D eigenvalue weighted by atomic mass is 9.87. The smallest absolute Gasteiger partial charge is 0.307 e. The lowest BCUT2D eigenvalue weighted by Crippen LogP contribution is -2.13. The molecule has 4 rings (SSSR count). The van der Waals surface area contributed by atoms with Crippen LogP contribution in [0.5, 0.6) is 5.88 Å². The molecule has 0 aliphatic rings. The van der Waals surface area contributed by atoms with Gasteiger partial charge in [0.25, 0.3) is 0 Å². The topological polar surface area (TPSA) is 95.6 Å². The first-order valence-corrected chi connectivity index (χ1v) is 9.55. The van der Waals surface area contributed by atoms with Crippen LogP contribution < -0.4 is 15.6 Å². The first-order chi connectivity index (χ1) is 13.3. The van der Waals surface area contributed by atoms with E-state index in [4.69, 9.17) is 0 Å². The fourth-order valence-corrected chi connectivity index (χ4v) is 3.47.